The minimum atomic E-state index is -0.791. The molecule has 1 unspecified atom stereocenters. The zero-order valence-electron chi connectivity index (χ0n) is 11.3. The van der Waals surface area contributed by atoms with Crippen LogP contribution in [0.4, 0.5) is 0 Å². The summed E-state index contributed by atoms with van der Waals surface area (Å²) in [6, 6.07) is 3.77. The van der Waals surface area contributed by atoms with E-state index >= 15 is 0 Å². The number of pyridine rings is 1. The predicted octanol–water partition coefficient (Wildman–Crippen LogP) is 1.10. The van der Waals surface area contributed by atoms with Gasteiger partial charge in [0.15, 0.2) is 0 Å². The third kappa shape index (κ3) is 2.92. The summed E-state index contributed by atoms with van der Waals surface area (Å²) in [6.45, 7) is 4.68. The molecular weight excluding hydrogens is 242 g/mol. The third-order valence-electron chi connectivity index (χ3n) is 3.61. The lowest BCUT2D eigenvalue weighted by Crippen LogP contribution is -2.54. The molecule has 1 saturated heterocycles. The molecule has 0 aliphatic carbocycles. The van der Waals surface area contributed by atoms with Crippen LogP contribution in [0.25, 0.3) is 0 Å². The van der Waals surface area contributed by atoms with E-state index in [1.807, 2.05) is 19.1 Å². The second kappa shape index (κ2) is 5.38. The van der Waals surface area contributed by atoms with Crippen LogP contribution in [0.2, 0.25) is 0 Å². The molecular formula is C14H19N3O2. The zero-order chi connectivity index (χ0) is 13.9. The van der Waals surface area contributed by atoms with Crippen molar-refractivity contribution in [2.75, 3.05) is 6.54 Å². The quantitative estimate of drug-likeness (QED) is 0.886. The third-order valence-corrected chi connectivity index (χ3v) is 3.61. The van der Waals surface area contributed by atoms with Crippen LogP contribution in [0.1, 0.15) is 32.3 Å². The van der Waals surface area contributed by atoms with Crippen molar-refractivity contribution in [3.8, 4) is 0 Å². The van der Waals surface area contributed by atoms with Gasteiger partial charge in [0.2, 0.25) is 11.8 Å². The van der Waals surface area contributed by atoms with Gasteiger partial charge in [-0.1, -0.05) is 6.92 Å². The first-order valence-electron chi connectivity index (χ1n) is 6.54. The molecule has 1 aliphatic heterocycles. The number of nitrogens with zero attached hydrogens (tertiary/aromatic N) is 2. The summed E-state index contributed by atoms with van der Waals surface area (Å²) >= 11 is 0. The standard InChI is InChI=1S/C14H19N3O2/c1-3-14(2)13(19)17(9-6-12(18)16-14)10-11-4-7-15-8-5-11/h4-5,7-8H,3,6,9-10H2,1-2H3,(H,16,18). The van der Waals surface area contributed by atoms with E-state index < -0.39 is 5.54 Å². The van der Waals surface area contributed by atoms with Gasteiger partial charge < -0.3 is 10.2 Å². The molecule has 2 heterocycles. The fourth-order valence-corrected chi connectivity index (χ4v) is 2.21. The number of nitrogens with one attached hydrogen (secondary N) is 1. The first-order valence-corrected chi connectivity index (χ1v) is 6.54. The summed E-state index contributed by atoms with van der Waals surface area (Å²) in [6.07, 6.45) is 4.36. The molecule has 19 heavy (non-hydrogen) atoms. The van der Waals surface area contributed by atoms with E-state index in [-0.39, 0.29) is 11.8 Å². The molecule has 0 aromatic carbocycles. The first kappa shape index (κ1) is 13.5. The summed E-state index contributed by atoms with van der Waals surface area (Å²) in [7, 11) is 0. The van der Waals surface area contributed by atoms with Crippen molar-refractivity contribution in [2.45, 2.75) is 38.8 Å². The lowest BCUT2D eigenvalue weighted by atomic mass is 9.97. The van der Waals surface area contributed by atoms with Crippen molar-refractivity contribution in [3.63, 3.8) is 0 Å². The van der Waals surface area contributed by atoms with Crippen LogP contribution in [-0.4, -0.2) is 33.8 Å². The molecule has 1 aromatic heterocycles. The summed E-state index contributed by atoms with van der Waals surface area (Å²) in [5, 5.41) is 2.83. The SMILES string of the molecule is CCC1(C)NC(=O)CCN(Cc2ccncc2)C1=O. The molecule has 2 amide bonds. The topological polar surface area (TPSA) is 62.3 Å². The Hall–Kier alpha value is -1.91. The molecule has 5 heteroatoms. The fraction of sp³-hybridized carbons (Fsp3) is 0.500. The Morgan fingerprint density at radius 1 is 1.37 bits per heavy atom. The molecule has 5 nitrogen and oxygen atoms in total. The van der Waals surface area contributed by atoms with Crippen molar-refractivity contribution >= 4 is 11.8 Å². The number of hydrogen-bond acceptors (Lipinski definition) is 3. The van der Waals surface area contributed by atoms with Crippen LogP contribution in [0.5, 0.6) is 0 Å². The predicted molar refractivity (Wildman–Crippen MR) is 71.1 cm³/mol. The molecule has 0 saturated carbocycles. The molecule has 2 rings (SSSR count). The van der Waals surface area contributed by atoms with Crippen molar-refractivity contribution in [1.82, 2.24) is 15.2 Å². The largest absolute Gasteiger partial charge is 0.342 e. The number of aromatic nitrogens is 1. The smallest absolute Gasteiger partial charge is 0.248 e. The van der Waals surface area contributed by atoms with E-state index in [4.69, 9.17) is 0 Å². The van der Waals surface area contributed by atoms with E-state index in [2.05, 4.69) is 10.3 Å². The average molecular weight is 261 g/mol. The van der Waals surface area contributed by atoms with Crippen LogP contribution in [0, 0.1) is 0 Å². The Balaban J connectivity index is 2.20. The van der Waals surface area contributed by atoms with E-state index in [0.29, 0.717) is 25.9 Å². The minimum absolute atomic E-state index is 0.0161. The Morgan fingerprint density at radius 3 is 2.68 bits per heavy atom. The Morgan fingerprint density at radius 2 is 2.05 bits per heavy atom. The summed E-state index contributed by atoms with van der Waals surface area (Å²) in [5.41, 5.74) is 0.233. The number of hydrogen-bond donors (Lipinski definition) is 1. The van der Waals surface area contributed by atoms with E-state index in [9.17, 15) is 9.59 Å². The normalized spacial score (nSPS) is 24.0. The van der Waals surface area contributed by atoms with E-state index in [1.54, 1.807) is 24.2 Å². The van der Waals surface area contributed by atoms with E-state index in [0.717, 1.165) is 5.56 Å². The summed E-state index contributed by atoms with van der Waals surface area (Å²) < 4.78 is 0. The maximum atomic E-state index is 12.5. The van der Waals surface area contributed by atoms with Gasteiger partial charge in [0.1, 0.15) is 5.54 Å². The zero-order valence-corrected chi connectivity index (χ0v) is 11.3. The lowest BCUT2D eigenvalue weighted by Gasteiger charge is -2.31. The van der Waals surface area contributed by atoms with Crippen molar-refractivity contribution in [3.05, 3.63) is 30.1 Å². The van der Waals surface area contributed by atoms with Gasteiger partial charge in [0, 0.05) is 31.9 Å². The Labute approximate surface area is 113 Å². The van der Waals surface area contributed by atoms with Crippen molar-refractivity contribution in [1.29, 1.82) is 0 Å². The Kier molecular flexibility index (Phi) is 3.83. The highest BCUT2D eigenvalue weighted by molar-refractivity contribution is 5.93. The average Bonchev–Trinajstić information content (AvgIpc) is 2.52. The second-order valence-corrected chi connectivity index (χ2v) is 5.07. The highest BCUT2D eigenvalue weighted by atomic mass is 16.2. The highest BCUT2D eigenvalue weighted by Crippen LogP contribution is 2.19. The minimum Gasteiger partial charge on any atom is -0.342 e. The second-order valence-electron chi connectivity index (χ2n) is 5.07. The monoisotopic (exact) mass is 261 g/mol. The molecule has 1 aliphatic rings. The van der Waals surface area contributed by atoms with Gasteiger partial charge >= 0.3 is 0 Å². The van der Waals surface area contributed by atoms with Crippen LogP contribution in [0.3, 0.4) is 0 Å². The highest BCUT2D eigenvalue weighted by Gasteiger charge is 2.38. The molecule has 1 N–H and O–H groups in total. The lowest BCUT2D eigenvalue weighted by molar-refractivity contribution is -0.138. The number of rotatable bonds is 3. The van der Waals surface area contributed by atoms with Gasteiger partial charge in [0.05, 0.1) is 0 Å². The van der Waals surface area contributed by atoms with Crippen molar-refractivity contribution in [2.24, 2.45) is 0 Å². The van der Waals surface area contributed by atoms with Gasteiger partial charge in [-0.2, -0.15) is 0 Å². The molecule has 1 atom stereocenters. The summed E-state index contributed by atoms with van der Waals surface area (Å²) in [4.78, 5) is 30.0. The van der Waals surface area contributed by atoms with Gasteiger partial charge in [-0.3, -0.25) is 14.6 Å². The van der Waals surface area contributed by atoms with Crippen LogP contribution in [-0.2, 0) is 16.1 Å². The molecule has 1 aromatic rings. The molecule has 0 spiro atoms. The molecule has 1 fully saturated rings. The number of carbonyl (C=O) groups excluding carboxylic acids is 2. The number of carbonyl (C=O) groups is 2. The van der Waals surface area contributed by atoms with Gasteiger partial charge in [-0.25, -0.2) is 0 Å². The van der Waals surface area contributed by atoms with Gasteiger partial charge in [-0.05, 0) is 31.0 Å². The number of amides is 2. The molecule has 0 radical (unpaired) electrons. The Bertz CT molecular complexity index is 475. The van der Waals surface area contributed by atoms with Gasteiger partial charge in [0.25, 0.3) is 0 Å². The van der Waals surface area contributed by atoms with Crippen LogP contribution < -0.4 is 5.32 Å². The van der Waals surface area contributed by atoms with Crippen molar-refractivity contribution < 1.29 is 9.59 Å². The first-order chi connectivity index (χ1) is 9.05. The fourth-order valence-electron chi connectivity index (χ4n) is 2.21. The maximum Gasteiger partial charge on any atom is 0.248 e. The van der Waals surface area contributed by atoms with Gasteiger partial charge in [-0.15, -0.1) is 0 Å². The maximum absolute atomic E-state index is 12.5. The molecule has 0 bridgehead atoms. The molecule has 102 valence electrons. The van der Waals surface area contributed by atoms with Crippen LogP contribution in [0.15, 0.2) is 24.5 Å². The van der Waals surface area contributed by atoms with Crippen LogP contribution >= 0.6 is 0 Å². The summed E-state index contributed by atoms with van der Waals surface area (Å²) in [5.74, 6) is -0.0763. The van der Waals surface area contributed by atoms with E-state index in [1.165, 1.54) is 0 Å².